The lowest BCUT2D eigenvalue weighted by Crippen LogP contribution is -2.35. The number of aryl methyl sites for hydroxylation is 1. The van der Waals surface area contributed by atoms with Crippen LogP contribution in [0.5, 0.6) is 0 Å². The van der Waals surface area contributed by atoms with Gasteiger partial charge >= 0.3 is 0 Å². The van der Waals surface area contributed by atoms with Crippen molar-refractivity contribution in [3.8, 4) is 0 Å². The SMILES string of the molecule is CCc1nc(N)cc(NC2CCCC(C)C2C)n1. The van der Waals surface area contributed by atoms with Crippen molar-refractivity contribution < 1.29 is 0 Å². The fourth-order valence-corrected chi connectivity index (χ4v) is 2.73. The number of nitrogens with one attached hydrogen (secondary N) is 1. The van der Waals surface area contributed by atoms with E-state index in [4.69, 9.17) is 5.73 Å². The van der Waals surface area contributed by atoms with Crippen LogP contribution in [0.15, 0.2) is 6.07 Å². The first-order valence-corrected chi connectivity index (χ1v) is 7.00. The van der Waals surface area contributed by atoms with Crippen molar-refractivity contribution in [1.82, 2.24) is 9.97 Å². The van der Waals surface area contributed by atoms with Gasteiger partial charge in [-0.2, -0.15) is 0 Å². The zero-order valence-corrected chi connectivity index (χ0v) is 11.6. The summed E-state index contributed by atoms with van der Waals surface area (Å²) in [6.45, 7) is 6.71. The predicted octanol–water partition coefficient (Wildman–Crippen LogP) is 2.86. The molecule has 0 bridgehead atoms. The normalized spacial score (nSPS) is 28.1. The molecular formula is C14H24N4. The van der Waals surface area contributed by atoms with Crippen LogP contribution in [0.1, 0.15) is 45.9 Å². The zero-order chi connectivity index (χ0) is 13.1. The van der Waals surface area contributed by atoms with E-state index in [1.165, 1.54) is 19.3 Å². The third-order valence-corrected chi connectivity index (χ3v) is 4.15. The van der Waals surface area contributed by atoms with Gasteiger partial charge in [-0.15, -0.1) is 0 Å². The third-order valence-electron chi connectivity index (χ3n) is 4.15. The smallest absolute Gasteiger partial charge is 0.132 e. The van der Waals surface area contributed by atoms with E-state index in [-0.39, 0.29) is 0 Å². The molecule has 100 valence electrons. The van der Waals surface area contributed by atoms with Crippen LogP contribution in [0.3, 0.4) is 0 Å². The number of rotatable bonds is 3. The second-order valence-corrected chi connectivity index (χ2v) is 5.47. The van der Waals surface area contributed by atoms with Crippen molar-refractivity contribution in [2.24, 2.45) is 11.8 Å². The Morgan fingerprint density at radius 3 is 2.83 bits per heavy atom. The Hall–Kier alpha value is -1.32. The van der Waals surface area contributed by atoms with Gasteiger partial charge in [-0.1, -0.05) is 33.6 Å². The number of anilines is 2. The van der Waals surface area contributed by atoms with Crippen molar-refractivity contribution in [3.63, 3.8) is 0 Å². The molecular weight excluding hydrogens is 224 g/mol. The van der Waals surface area contributed by atoms with Gasteiger partial charge < -0.3 is 11.1 Å². The summed E-state index contributed by atoms with van der Waals surface area (Å²) in [6, 6.07) is 2.35. The first kappa shape index (κ1) is 13.1. The van der Waals surface area contributed by atoms with E-state index in [0.717, 1.165) is 24.0 Å². The summed E-state index contributed by atoms with van der Waals surface area (Å²) in [5, 5.41) is 3.55. The summed E-state index contributed by atoms with van der Waals surface area (Å²) in [7, 11) is 0. The predicted molar refractivity (Wildman–Crippen MR) is 75.4 cm³/mol. The van der Waals surface area contributed by atoms with Gasteiger partial charge in [-0.05, 0) is 18.3 Å². The van der Waals surface area contributed by atoms with Crippen LogP contribution in [-0.4, -0.2) is 16.0 Å². The minimum atomic E-state index is 0.507. The lowest BCUT2D eigenvalue weighted by Gasteiger charge is -2.35. The van der Waals surface area contributed by atoms with E-state index in [9.17, 15) is 0 Å². The van der Waals surface area contributed by atoms with Gasteiger partial charge in [0.1, 0.15) is 17.5 Å². The highest BCUT2D eigenvalue weighted by Crippen LogP contribution is 2.31. The van der Waals surface area contributed by atoms with E-state index >= 15 is 0 Å². The molecule has 0 aromatic carbocycles. The van der Waals surface area contributed by atoms with E-state index in [1.807, 2.05) is 13.0 Å². The van der Waals surface area contributed by atoms with Gasteiger partial charge in [0.05, 0.1) is 0 Å². The minimum absolute atomic E-state index is 0.507. The average molecular weight is 248 g/mol. The summed E-state index contributed by atoms with van der Waals surface area (Å²) < 4.78 is 0. The standard InChI is InChI=1S/C14H24N4/c1-4-13-17-12(15)8-14(18-13)16-11-7-5-6-9(2)10(11)3/h8-11H,4-7H2,1-3H3,(H3,15,16,17,18). The Bertz CT molecular complexity index is 405. The molecule has 4 nitrogen and oxygen atoms in total. The molecule has 3 unspecified atom stereocenters. The molecule has 1 saturated carbocycles. The fraction of sp³-hybridized carbons (Fsp3) is 0.714. The largest absolute Gasteiger partial charge is 0.384 e. The third kappa shape index (κ3) is 2.92. The quantitative estimate of drug-likeness (QED) is 0.863. The van der Waals surface area contributed by atoms with Crippen LogP contribution >= 0.6 is 0 Å². The molecule has 1 aromatic rings. The molecule has 3 N–H and O–H groups in total. The van der Waals surface area contributed by atoms with Crippen LogP contribution < -0.4 is 11.1 Å². The molecule has 1 aromatic heterocycles. The van der Waals surface area contributed by atoms with Crippen LogP contribution in [0.25, 0.3) is 0 Å². The molecule has 0 spiro atoms. The highest BCUT2D eigenvalue weighted by atomic mass is 15.1. The highest BCUT2D eigenvalue weighted by molar-refractivity contribution is 5.45. The maximum absolute atomic E-state index is 5.81. The fourth-order valence-electron chi connectivity index (χ4n) is 2.73. The summed E-state index contributed by atoms with van der Waals surface area (Å²) >= 11 is 0. The Morgan fingerprint density at radius 2 is 2.11 bits per heavy atom. The molecule has 18 heavy (non-hydrogen) atoms. The van der Waals surface area contributed by atoms with E-state index < -0.39 is 0 Å². The Kier molecular flexibility index (Phi) is 4.04. The molecule has 3 atom stereocenters. The van der Waals surface area contributed by atoms with E-state index in [0.29, 0.717) is 17.8 Å². The van der Waals surface area contributed by atoms with Crippen LogP contribution in [0.4, 0.5) is 11.6 Å². The second kappa shape index (κ2) is 5.55. The lowest BCUT2D eigenvalue weighted by molar-refractivity contribution is 0.253. The molecule has 1 heterocycles. The number of hydrogen-bond acceptors (Lipinski definition) is 4. The van der Waals surface area contributed by atoms with Gasteiger partial charge in [0.15, 0.2) is 0 Å². The number of hydrogen-bond donors (Lipinski definition) is 2. The Labute approximate surface area is 109 Å². The average Bonchev–Trinajstić information content (AvgIpc) is 2.34. The summed E-state index contributed by atoms with van der Waals surface area (Å²) in [5.74, 6) is 3.71. The molecule has 1 fully saturated rings. The van der Waals surface area contributed by atoms with E-state index in [1.54, 1.807) is 0 Å². The van der Waals surface area contributed by atoms with Crippen LogP contribution in [-0.2, 0) is 6.42 Å². The van der Waals surface area contributed by atoms with Gasteiger partial charge in [0.2, 0.25) is 0 Å². The van der Waals surface area contributed by atoms with Gasteiger partial charge in [0, 0.05) is 18.5 Å². The van der Waals surface area contributed by atoms with Crippen molar-refractivity contribution in [1.29, 1.82) is 0 Å². The summed E-state index contributed by atoms with van der Waals surface area (Å²) in [5.41, 5.74) is 5.81. The van der Waals surface area contributed by atoms with Crippen LogP contribution in [0.2, 0.25) is 0 Å². The molecule has 1 aliphatic carbocycles. The topological polar surface area (TPSA) is 63.8 Å². The van der Waals surface area contributed by atoms with Gasteiger partial charge in [-0.25, -0.2) is 9.97 Å². The van der Waals surface area contributed by atoms with Crippen molar-refractivity contribution in [2.45, 2.75) is 52.5 Å². The monoisotopic (exact) mass is 248 g/mol. The van der Waals surface area contributed by atoms with Crippen molar-refractivity contribution >= 4 is 11.6 Å². The summed E-state index contributed by atoms with van der Waals surface area (Å²) in [4.78, 5) is 8.71. The maximum atomic E-state index is 5.81. The number of nitrogen functional groups attached to an aromatic ring is 1. The Morgan fingerprint density at radius 1 is 1.33 bits per heavy atom. The molecule has 2 rings (SSSR count). The first-order valence-electron chi connectivity index (χ1n) is 7.00. The molecule has 0 saturated heterocycles. The molecule has 0 aliphatic heterocycles. The molecule has 1 aliphatic rings. The van der Waals surface area contributed by atoms with Gasteiger partial charge in [0.25, 0.3) is 0 Å². The van der Waals surface area contributed by atoms with Crippen LogP contribution in [0, 0.1) is 11.8 Å². The second-order valence-electron chi connectivity index (χ2n) is 5.47. The first-order chi connectivity index (χ1) is 8.60. The minimum Gasteiger partial charge on any atom is -0.384 e. The highest BCUT2D eigenvalue weighted by Gasteiger charge is 2.27. The number of aromatic nitrogens is 2. The van der Waals surface area contributed by atoms with Crippen molar-refractivity contribution in [3.05, 3.63) is 11.9 Å². The number of nitrogens with zero attached hydrogens (tertiary/aromatic N) is 2. The van der Waals surface area contributed by atoms with Gasteiger partial charge in [-0.3, -0.25) is 0 Å². The zero-order valence-electron chi connectivity index (χ0n) is 11.6. The number of nitrogens with two attached hydrogens (primary N) is 1. The molecule has 0 amide bonds. The maximum Gasteiger partial charge on any atom is 0.132 e. The Balaban J connectivity index is 2.10. The lowest BCUT2D eigenvalue weighted by atomic mass is 9.78. The van der Waals surface area contributed by atoms with Crippen molar-refractivity contribution in [2.75, 3.05) is 11.1 Å². The molecule has 0 radical (unpaired) electrons. The summed E-state index contributed by atoms with van der Waals surface area (Å²) in [6.07, 6.45) is 4.67. The molecule has 4 heteroatoms. The van der Waals surface area contributed by atoms with E-state index in [2.05, 4.69) is 29.1 Å².